The fourth-order valence-corrected chi connectivity index (χ4v) is 3.52. The maximum Gasteiger partial charge on any atom is 0.316 e. The monoisotopic (exact) mass is 350 g/mol. The first-order valence-electron chi connectivity index (χ1n) is 7.81. The van der Waals surface area contributed by atoms with Gasteiger partial charge in [-0.1, -0.05) is 12.1 Å². The molecular formula is C18H22O7. The predicted octanol–water partition coefficient (Wildman–Crippen LogP) is 1.08. The molecule has 25 heavy (non-hydrogen) atoms. The molecule has 4 atom stereocenters. The molecule has 1 N–H and O–H groups in total. The van der Waals surface area contributed by atoms with Gasteiger partial charge in [0.2, 0.25) is 0 Å². The standard InChI is InChI=1S/C18H22O7/c1-18(22)9-12(19)14(16(20)24-3)13(15(18)17(21)25-4)10-6-5-7-11(8-10)23-2/h5-8,13-15,22H,9H2,1-4H3/t13-,14+,15+,18-/m0/s1. The number of aliphatic hydroxyl groups is 1. The fourth-order valence-electron chi connectivity index (χ4n) is 3.52. The van der Waals surface area contributed by atoms with Crippen LogP contribution in [-0.4, -0.2) is 49.8 Å². The van der Waals surface area contributed by atoms with E-state index in [1.807, 2.05) is 0 Å². The molecule has 1 aromatic carbocycles. The minimum Gasteiger partial charge on any atom is -0.497 e. The average molecular weight is 350 g/mol. The molecule has 1 aliphatic carbocycles. The van der Waals surface area contributed by atoms with E-state index < -0.39 is 41.1 Å². The van der Waals surface area contributed by atoms with Crippen LogP contribution in [0.1, 0.15) is 24.8 Å². The highest BCUT2D eigenvalue weighted by molar-refractivity contribution is 6.02. The number of ether oxygens (including phenoxy) is 3. The van der Waals surface area contributed by atoms with Gasteiger partial charge in [-0.15, -0.1) is 0 Å². The smallest absolute Gasteiger partial charge is 0.316 e. The van der Waals surface area contributed by atoms with Gasteiger partial charge in [0.15, 0.2) is 5.78 Å². The second-order valence-electron chi connectivity index (χ2n) is 6.30. The van der Waals surface area contributed by atoms with Crippen LogP contribution in [0.5, 0.6) is 5.75 Å². The SMILES string of the molecule is COC(=O)[C@@H]1C(=O)C[C@](C)(O)[C@@H](C(=O)OC)[C@H]1c1cccc(OC)c1. The summed E-state index contributed by atoms with van der Waals surface area (Å²) < 4.78 is 14.8. The molecule has 0 saturated heterocycles. The van der Waals surface area contributed by atoms with E-state index >= 15 is 0 Å². The van der Waals surface area contributed by atoms with E-state index in [1.165, 1.54) is 28.3 Å². The first-order valence-corrected chi connectivity index (χ1v) is 7.81. The third-order valence-electron chi connectivity index (χ3n) is 4.66. The Bertz CT molecular complexity index is 680. The molecule has 7 heteroatoms. The molecule has 0 aliphatic heterocycles. The Labute approximate surface area is 145 Å². The molecule has 7 nitrogen and oxygen atoms in total. The topological polar surface area (TPSA) is 99.1 Å². The van der Waals surface area contributed by atoms with Gasteiger partial charge in [-0.05, 0) is 24.6 Å². The first-order chi connectivity index (χ1) is 11.8. The molecule has 0 spiro atoms. The zero-order valence-corrected chi connectivity index (χ0v) is 14.6. The molecule has 1 aromatic rings. The zero-order valence-electron chi connectivity index (χ0n) is 14.6. The average Bonchev–Trinajstić information content (AvgIpc) is 2.59. The number of hydrogen-bond donors (Lipinski definition) is 1. The molecule has 2 rings (SSSR count). The lowest BCUT2D eigenvalue weighted by Crippen LogP contribution is -2.55. The summed E-state index contributed by atoms with van der Waals surface area (Å²) in [6.07, 6.45) is -0.340. The van der Waals surface area contributed by atoms with Crippen LogP contribution in [0.15, 0.2) is 24.3 Å². The van der Waals surface area contributed by atoms with Crippen LogP contribution in [0.4, 0.5) is 0 Å². The van der Waals surface area contributed by atoms with Gasteiger partial charge in [-0.25, -0.2) is 0 Å². The van der Waals surface area contributed by atoms with Crippen molar-refractivity contribution >= 4 is 17.7 Å². The number of rotatable bonds is 4. The number of carbonyl (C=O) groups excluding carboxylic acids is 3. The van der Waals surface area contributed by atoms with Crippen LogP contribution in [0.2, 0.25) is 0 Å². The molecule has 1 fully saturated rings. The Hall–Kier alpha value is -2.41. The Kier molecular flexibility index (Phi) is 5.47. The van der Waals surface area contributed by atoms with Crippen molar-refractivity contribution in [1.82, 2.24) is 0 Å². The zero-order chi connectivity index (χ0) is 18.8. The lowest BCUT2D eigenvalue weighted by Gasteiger charge is -2.43. The van der Waals surface area contributed by atoms with Crippen molar-refractivity contribution < 1.29 is 33.7 Å². The van der Waals surface area contributed by atoms with Crippen molar-refractivity contribution in [2.75, 3.05) is 21.3 Å². The van der Waals surface area contributed by atoms with E-state index in [9.17, 15) is 19.5 Å². The predicted molar refractivity (Wildman–Crippen MR) is 87.0 cm³/mol. The summed E-state index contributed by atoms with van der Waals surface area (Å²) >= 11 is 0. The molecule has 0 bridgehead atoms. The van der Waals surface area contributed by atoms with Crippen molar-refractivity contribution in [3.63, 3.8) is 0 Å². The van der Waals surface area contributed by atoms with Gasteiger partial charge in [0, 0.05) is 12.3 Å². The summed E-state index contributed by atoms with van der Waals surface area (Å²) in [6.45, 7) is 1.40. The summed E-state index contributed by atoms with van der Waals surface area (Å²) in [5.74, 6) is -4.66. The molecule has 1 saturated carbocycles. The second kappa shape index (κ2) is 7.23. The van der Waals surface area contributed by atoms with Gasteiger partial charge in [-0.3, -0.25) is 14.4 Å². The molecular weight excluding hydrogens is 328 g/mol. The van der Waals surface area contributed by atoms with Crippen molar-refractivity contribution in [1.29, 1.82) is 0 Å². The largest absolute Gasteiger partial charge is 0.497 e. The Balaban J connectivity index is 2.66. The Morgan fingerprint density at radius 2 is 1.80 bits per heavy atom. The van der Waals surface area contributed by atoms with Crippen molar-refractivity contribution in [3.05, 3.63) is 29.8 Å². The van der Waals surface area contributed by atoms with Crippen LogP contribution in [0.3, 0.4) is 0 Å². The van der Waals surface area contributed by atoms with Crippen molar-refractivity contribution in [3.8, 4) is 5.75 Å². The number of benzene rings is 1. The molecule has 0 aromatic heterocycles. The van der Waals surface area contributed by atoms with E-state index in [4.69, 9.17) is 14.2 Å². The van der Waals surface area contributed by atoms with Crippen molar-refractivity contribution in [2.24, 2.45) is 11.8 Å². The number of ketones is 1. The number of esters is 2. The number of carbonyl (C=O) groups is 3. The number of Topliss-reactive ketones (excluding diaryl/α,β-unsaturated/α-hetero) is 1. The number of methoxy groups -OCH3 is 3. The highest BCUT2D eigenvalue weighted by Gasteiger charge is 2.56. The minimum atomic E-state index is -1.65. The molecule has 1 aliphatic rings. The van der Waals surface area contributed by atoms with E-state index in [-0.39, 0.29) is 6.42 Å². The van der Waals surface area contributed by atoms with Gasteiger partial charge >= 0.3 is 11.9 Å². The molecule has 0 unspecified atom stereocenters. The lowest BCUT2D eigenvalue weighted by atomic mass is 9.61. The fraction of sp³-hybridized carbons (Fsp3) is 0.500. The lowest BCUT2D eigenvalue weighted by molar-refractivity contribution is -0.170. The van der Waals surface area contributed by atoms with Gasteiger partial charge < -0.3 is 19.3 Å². The van der Waals surface area contributed by atoms with Crippen LogP contribution >= 0.6 is 0 Å². The van der Waals surface area contributed by atoms with Crippen LogP contribution in [-0.2, 0) is 23.9 Å². The van der Waals surface area contributed by atoms with Gasteiger partial charge in [0.1, 0.15) is 11.7 Å². The number of hydrogen-bond acceptors (Lipinski definition) is 7. The second-order valence-corrected chi connectivity index (χ2v) is 6.30. The highest BCUT2D eigenvalue weighted by Crippen LogP contribution is 2.47. The van der Waals surface area contributed by atoms with E-state index in [2.05, 4.69) is 0 Å². The molecule has 136 valence electrons. The van der Waals surface area contributed by atoms with E-state index in [1.54, 1.807) is 24.3 Å². The summed E-state index contributed by atoms with van der Waals surface area (Å²) in [7, 11) is 3.86. The molecule has 0 heterocycles. The van der Waals surface area contributed by atoms with Crippen LogP contribution in [0, 0.1) is 11.8 Å². The summed E-state index contributed by atoms with van der Waals surface area (Å²) in [5.41, 5.74) is -1.14. The maximum atomic E-state index is 12.6. The molecule has 0 radical (unpaired) electrons. The molecule has 0 amide bonds. The van der Waals surface area contributed by atoms with Gasteiger partial charge in [0.25, 0.3) is 0 Å². The maximum absolute atomic E-state index is 12.6. The van der Waals surface area contributed by atoms with Gasteiger partial charge in [-0.2, -0.15) is 0 Å². The Morgan fingerprint density at radius 3 is 2.36 bits per heavy atom. The summed E-state index contributed by atoms with van der Waals surface area (Å²) in [6, 6.07) is 6.69. The normalized spacial score (nSPS) is 29.0. The minimum absolute atomic E-state index is 0.340. The van der Waals surface area contributed by atoms with Gasteiger partial charge in [0.05, 0.1) is 32.8 Å². The van der Waals surface area contributed by atoms with Crippen LogP contribution in [0.25, 0.3) is 0 Å². The van der Waals surface area contributed by atoms with Crippen LogP contribution < -0.4 is 4.74 Å². The first kappa shape index (κ1) is 18.9. The van der Waals surface area contributed by atoms with E-state index in [0.29, 0.717) is 11.3 Å². The Morgan fingerprint density at radius 1 is 1.16 bits per heavy atom. The summed E-state index contributed by atoms with van der Waals surface area (Å²) in [5, 5.41) is 10.7. The van der Waals surface area contributed by atoms with Crippen molar-refractivity contribution in [2.45, 2.75) is 24.9 Å². The highest BCUT2D eigenvalue weighted by atomic mass is 16.5. The third-order valence-corrected chi connectivity index (χ3v) is 4.66. The van der Waals surface area contributed by atoms with E-state index in [0.717, 1.165) is 0 Å². The third kappa shape index (κ3) is 3.51. The summed E-state index contributed by atoms with van der Waals surface area (Å²) in [4.78, 5) is 37.2. The quantitative estimate of drug-likeness (QED) is 0.641.